The molecule has 9 heteroatoms. The standard InChI is InChI=1S/C25H23N3O6/c1-14-10-11-16(23(29)32-2)12-18(14)28-21(25(31)34-4)20(24(30)33-3)19(17(13-26)22(28)27)15-8-6-5-7-9-15/h5-12,19H,27H2,1-4H3. The van der Waals surface area contributed by atoms with E-state index in [-0.39, 0.29) is 28.2 Å². The maximum atomic E-state index is 13.1. The average molecular weight is 461 g/mol. The van der Waals surface area contributed by atoms with Crippen LogP contribution < -0.4 is 10.6 Å². The van der Waals surface area contributed by atoms with Gasteiger partial charge in [-0.3, -0.25) is 4.90 Å². The van der Waals surface area contributed by atoms with Crippen molar-refractivity contribution in [2.75, 3.05) is 26.2 Å². The molecule has 2 N–H and O–H groups in total. The van der Waals surface area contributed by atoms with E-state index in [1.807, 2.05) is 0 Å². The van der Waals surface area contributed by atoms with Crippen molar-refractivity contribution in [1.29, 1.82) is 5.26 Å². The molecule has 1 aliphatic rings. The van der Waals surface area contributed by atoms with Crippen LogP contribution in [0.25, 0.3) is 0 Å². The molecule has 0 amide bonds. The number of hydrogen-bond acceptors (Lipinski definition) is 9. The molecule has 1 atom stereocenters. The minimum atomic E-state index is -0.979. The van der Waals surface area contributed by atoms with Gasteiger partial charge in [0.1, 0.15) is 11.5 Å². The molecule has 3 rings (SSSR count). The Morgan fingerprint density at radius 3 is 2.12 bits per heavy atom. The molecule has 0 fully saturated rings. The van der Waals surface area contributed by atoms with Crippen molar-refractivity contribution in [2.24, 2.45) is 5.73 Å². The minimum absolute atomic E-state index is 0.0297. The number of carbonyl (C=O) groups is 3. The van der Waals surface area contributed by atoms with E-state index in [1.54, 1.807) is 49.4 Å². The third-order valence-corrected chi connectivity index (χ3v) is 5.48. The van der Waals surface area contributed by atoms with Crippen LogP contribution in [0.4, 0.5) is 5.69 Å². The van der Waals surface area contributed by atoms with Crippen molar-refractivity contribution in [3.8, 4) is 6.07 Å². The van der Waals surface area contributed by atoms with E-state index in [9.17, 15) is 19.6 Å². The van der Waals surface area contributed by atoms with E-state index in [2.05, 4.69) is 6.07 Å². The number of carbonyl (C=O) groups excluding carboxylic acids is 3. The lowest BCUT2D eigenvalue weighted by Crippen LogP contribution is -2.41. The molecule has 1 aliphatic heterocycles. The summed E-state index contributed by atoms with van der Waals surface area (Å²) in [4.78, 5) is 39.6. The summed E-state index contributed by atoms with van der Waals surface area (Å²) in [5.74, 6) is -3.38. The van der Waals surface area contributed by atoms with Gasteiger partial charge in [-0.05, 0) is 30.2 Å². The third kappa shape index (κ3) is 4.09. The first-order chi connectivity index (χ1) is 16.3. The van der Waals surface area contributed by atoms with Crippen molar-refractivity contribution >= 4 is 23.6 Å². The molecule has 0 spiro atoms. The Hall–Kier alpha value is -4.58. The van der Waals surface area contributed by atoms with Crippen molar-refractivity contribution in [2.45, 2.75) is 12.8 Å². The van der Waals surface area contributed by atoms with Crippen LogP contribution in [-0.2, 0) is 23.8 Å². The average Bonchev–Trinajstić information content (AvgIpc) is 2.87. The minimum Gasteiger partial charge on any atom is -0.466 e. The second-order valence-corrected chi connectivity index (χ2v) is 7.33. The van der Waals surface area contributed by atoms with Crippen LogP contribution in [0.15, 0.2) is 71.2 Å². The summed E-state index contributed by atoms with van der Waals surface area (Å²) in [7, 11) is 3.58. The lowest BCUT2D eigenvalue weighted by molar-refractivity contribution is -0.139. The Labute approximate surface area is 196 Å². The number of nitrogens with two attached hydrogens (primary N) is 1. The fourth-order valence-corrected chi connectivity index (χ4v) is 3.86. The number of nitriles is 1. The number of ether oxygens (including phenoxy) is 3. The summed E-state index contributed by atoms with van der Waals surface area (Å²) in [5, 5.41) is 10.1. The Kier molecular flexibility index (Phi) is 7.02. The SMILES string of the molecule is COC(=O)C1=C(C(=O)OC)N(c2cc(C(=O)OC)ccc2C)C(N)=C(C#N)C1c1ccccc1. The third-order valence-electron chi connectivity index (χ3n) is 5.48. The maximum Gasteiger partial charge on any atom is 0.355 e. The number of allylic oxidation sites excluding steroid dienone is 1. The molecule has 9 nitrogen and oxygen atoms in total. The highest BCUT2D eigenvalue weighted by Gasteiger charge is 2.43. The lowest BCUT2D eigenvalue weighted by Gasteiger charge is -2.36. The van der Waals surface area contributed by atoms with E-state index in [1.165, 1.54) is 25.2 Å². The monoisotopic (exact) mass is 461 g/mol. The van der Waals surface area contributed by atoms with Gasteiger partial charge in [0.25, 0.3) is 0 Å². The number of nitrogens with zero attached hydrogens (tertiary/aromatic N) is 2. The maximum absolute atomic E-state index is 13.1. The molecule has 34 heavy (non-hydrogen) atoms. The molecule has 0 bridgehead atoms. The number of methoxy groups -OCH3 is 3. The molecule has 2 aromatic carbocycles. The smallest absolute Gasteiger partial charge is 0.355 e. The Morgan fingerprint density at radius 2 is 1.56 bits per heavy atom. The number of anilines is 1. The van der Waals surface area contributed by atoms with Gasteiger partial charge in [0, 0.05) is 0 Å². The molecular formula is C25H23N3O6. The van der Waals surface area contributed by atoms with Gasteiger partial charge in [-0.2, -0.15) is 5.26 Å². The highest BCUT2D eigenvalue weighted by atomic mass is 16.5. The van der Waals surface area contributed by atoms with Gasteiger partial charge >= 0.3 is 17.9 Å². The fourth-order valence-electron chi connectivity index (χ4n) is 3.86. The van der Waals surface area contributed by atoms with E-state index in [4.69, 9.17) is 19.9 Å². The van der Waals surface area contributed by atoms with Crippen LogP contribution in [0.2, 0.25) is 0 Å². The molecule has 1 heterocycles. The van der Waals surface area contributed by atoms with Crippen LogP contribution >= 0.6 is 0 Å². The number of esters is 3. The second-order valence-electron chi connectivity index (χ2n) is 7.33. The summed E-state index contributed by atoms with van der Waals surface area (Å²) in [6.45, 7) is 1.73. The van der Waals surface area contributed by atoms with Crippen molar-refractivity contribution in [3.05, 3.63) is 87.9 Å². The van der Waals surface area contributed by atoms with Crippen LogP contribution in [0.5, 0.6) is 0 Å². The molecule has 0 saturated carbocycles. The number of aryl methyl sites for hydroxylation is 1. The van der Waals surface area contributed by atoms with Gasteiger partial charge in [0.05, 0.1) is 55.7 Å². The van der Waals surface area contributed by atoms with Crippen molar-refractivity contribution < 1.29 is 28.6 Å². The normalized spacial score (nSPS) is 15.5. The van der Waals surface area contributed by atoms with Crippen molar-refractivity contribution in [1.82, 2.24) is 0 Å². The highest BCUT2D eigenvalue weighted by Crippen LogP contribution is 2.43. The first-order valence-electron chi connectivity index (χ1n) is 10.1. The Bertz CT molecular complexity index is 1260. The number of hydrogen-bond donors (Lipinski definition) is 1. The van der Waals surface area contributed by atoms with E-state index >= 15 is 0 Å². The number of rotatable bonds is 5. The Morgan fingerprint density at radius 1 is 0.941 bits per heavy atom. The quantitative estimate of drug-likeness (QED) is 0.527. The molecule has 0 aromatic heterocycles. The molecule has 0 radical (unpaired) electrons. The van der Waals surface area contributed by atoms with E-state index in [0.717, 1.165) is 7.11 Å². The predicted molar refractivity (Wildman–Crippen MR) is 122 cm³/mol. The van der Waals surface area contributed by atoms with E-state index < -0.39 is 23.8 Å². The van der Waals surface area contributed by atoms with Gasteiger partial charge in [0.2, 0.25) is 0 Å². The zero-order valence-corrected chi connectivity index (χ0v) is 19.1. The fraction of sp³-hybridized carbons (Fsp3) is 0.200. The molecule has 0 saturated heterocycles. The van der Waals surface area contributed by atoms with Gasteiger partial charge in [0.15, 0.2) is 0 Å². The summed E-state index contributed by atoms with van der Waals surface area (Å²) in [6, 6.07) is 15.4. The van der Waals surface area contributed by atoms with Gasteiger partial charge in [-0.1, -0.05) is 36.4 Å². The first-order valence-corrected chi connectivity index (χ1v) is 10.1. The van der Waals surface area contributed by atoms with Gasteiger partial charge in [-0.25, -0.2) is 14.4 Å². The molecular weight excluding hydrogens is 438 g/mol. The summed E-state index contributed by atoms with van der Waals surface area (Å²) < 4.78 is 14.8. The largest absolute Gasteiger partial charge is 0.466 e. The molecule has 174 valence electrons. The lowest BCUT2D eigenvalue weighted by atomic mass is 9.80. The molecule has 2 aromatic rings. The predicted octanol–water partition coefficient (Wildman–Crippen LogP) is 2.68. The Balaban J connectivity index is 2.44. The zero-order valence-electron chi connectivity index (χ0n) is 19.1. The second kappa shape index (κ2) is 9.92. The topological polar surface area (TPSA) is 132 Å². The summed E-state index contributed by atoms with van der Waals surface area (Å²) >= 11 is 0. The summed E-state index contributed by atoms with van der Waals surface area (Å²) in [6.07, 6.45) is 0. The number of benzene rings is 2. The van der Waals surface area contributed by atoms with Crippen LogP contribution in [0, 0.1) is 18.3 Å². The highest BCUT2D eigenvalue weighted by molar-refractivity contribution is 6.06. The first kappa shape index (κ1) is 24.1. The molecule has 0 aliphatic carbocycles. The summed E-state index contributed by atoms with van der Waals surface area (Å²) in [5.41, 5.74) is 7.82. The van der Waals surface area contributed by atoms with Gasteiger partial charge in [-0.15, -0.1) is 0 Å². The van der Waals surface area contributed by atoms with Crippen LogP contribution in [0.1, 0.15) is 27.4 Å². The van der Waals surface area contributed by atoms with Crippen molar-refractivity contribution in [3.63, 3.8) is 0 Å². The van der Waals surface area contributed by atoms with E-state index in [0.29, 0.717) is 16.8 Å². The molecule has 1 unspecified atom stereocenters. The van der Waals surface area contributed by atoms with Gasteiger partial charge < -0.3 is 19.9 Å². The van der Waals surface area contributed by atoms with Crippen LogP contribution in [0.3, 0.4) is 0 Å². The van der Waals surface area contributed by atoms with Crippen LogP contribution in [-0.4, -0.2) is 39.2 Å². The zero-order chi connectivity index (χ0) is 25.0.